The first-order valence-electron chi connectivity index (χ1n) is 8.29. The monoisotopic (exact) mass is 355 g/mol. The Morgan fingerprint density at radius 3 is 2.42 bits per heavy atom. The fraction of sp³-hybridized carbons (Fsp3) is 0.333. The maximum atomic E-state index is 12.6. The Kier molecular flexibility index (Phi) is 5.01. The summed E-state index contributed by atoms with van der Waals surface area (Å²) in [6, 6.07) is 8.87. The summed E-state index contributed by atoms with van der Waals surface area (Å²) in [4.78, 5) is 36.3. The molecule has 0 bridgehead atoms. The van der Waals surface area contributed by atoms with Gasteiger partial charge in [-0.3, -0.25) is 15.0 Å². The average Bonchev–Trinajstić information content (AvgIpc) is 2.94. The molecule has 1 aromatic heterocycles. The molecule has 0 atom stereocenters. The number of hydrogen-bond acceptors (Lipinski definition) is 5. The van der Waals surface area contributed by atoms with Crippen LogP contribution in [0.2, 0.25) is 0 Å². The number of carbonyl (C=O) groups excluding carboxylic acids is 2. The maximum absolute atomic E-state index is 12.6. The first kappa shape index (κ1) is 17.7. The highest BCUT2D eigenvalue weighted by Crippen LogP contribution is 2.23. The number of aryl methyl sites for hydroxylation is 2. The van der Waals surface area contributed by atoms with Crippen molar-refractivity contribution in [1.29, 1.82) is 0 Å². The van der Waals surface area contributed by atoms with E-state index in [9.17, 15) is 9.59 Å². The highest BCUT2D eigenvalue weighted by atomic mass is 16.5. The van der Waals surface area contributed by atoms with Crippen LogP contribution in [0.1, 0.15) is 11.4 Å². The predicted molar refractivity (Wildman–Crippen MR) is 97.4 cm³/mol. The van der Waals surface area contributed by atoms with E-state index in [0.29, 0.717) is 13.1 Å². The van der Waals surface area contributed by atoms with Crippen LogP contribution in [0.3, 0.4) is 0 Å². The van der Waals surface area contributed by atoms with E-state index in [-0.39, 0.29) is 24.4 Å². The van der Waals surface area contributed by atoms with Gasteiger partial charge < -0.3 is 9.64 Å². The molecular weight excluding hydrogens is 334 g/mol. The third kappa shape index (κ3) is 3.90. The van der Waals surface area contributed by atoms with Crippen molar-refractivity contribution in [1.82, 2.24) is 14.9 Å². The Hall–Kier alpha value is -3.16. The molecule has 0 aliphatic carbocycles. The summed E-state index contributed by atoms with van der Waals surface area (Å²) >= 11 is 0. The molecule has 1 aliphatic heterocycles. The van der Waals surface area contributed by atoms with Crippen LogP contribution in [-0.4, -0.2) is 53.6 Å². The number of nitrogens with one attached hydrogen (secondary N) is 1. The molecule has 3 rings (SSSR count). The molecule has 0 spiro atoms. The normalized spacial score (nSPS) is 13.9. The first-order valence-corrected chi connectivity index (χ1v) is 8.29. The molecule has 3 amide bonds. The summed E-state index contributed by atoms with van der Waals surface area (Å²) in [5.41, 5.74) is 2.32. The molecule has 1 fully saturated rings. The van der Waals surface area contributed by atoms with E-state index < -0.39 is 0 Å². The number of nitrogens with zero attached hydrogens (tertiary/aromatic N) is 4. The van der Waals surface area contributed by atoms with Gasteiger partial charge in [0.15, 0.2) is 0 Å². The number of methoxy groups -OCH3 is 1. The van der Waals surface area contributed by atoms with Crippen LogP contribution >= 0.6 is 0 Å². The van der Waals surface area contributed by atoms with E-state index in [1.165, 1.54) is 4.90 Å². The minimum Gasteiger partial charge on any atom is -0.497 e. The maximum Gasteiger partial charge on any atom is 0.325 e. The van der Waals surface area contributed by atoms with Gasteiger partial charge in [0.25, 0.3) is 0 Å². The summed E-state index contributed by atoms with van der Waals surface area (Å²) in [7, 11) is 1.59. The van der Waals surface area contributed by atoms with Crippen molar-refractivity contribution in [3.05, 3.63) is 41.7 Å². The van der Waals surface area contributed by atoms with Crippen molar-refractivity contribution in [3.63, 3.8) is 0 Å². The van der Waals surface area contributed by atoms with Crippen LogP contribution in [0.25, 0.3) is 0 Å². The van der Waals surface area contributed by atoms with Crippen LogP contribution in [0.4, 0.5) is 16.4 Å². The molecule has 8 nitrogen and oxygen atoms in total. The number of anilines is 2. The SMILES string of the molecule is COc1ccc(N2CCN(CC(=O)Nc3nc(C)cc(C)n3)C2=O)cc1. The highest BCUT2D eigenvalue weighted by Gasteiger charge is 2.30. The van der Waals surface area contributed by atoms with Gasteiger partial charge >= 0.3 is 6.03 Å². The van der Waals surface area contributed by atoms with Crippen molar-refractivity contribution in [3.8, 4) is 5.75 Å². The van der Waals surface area contributed by atoms with Gasteiger partial charge in [-0.2, -0.15) is 0 Å². The van der Waals surface area contributed by atoms with Gasteiger partial charge in [-0.25, -0.2) is 14.8 Å². The van der Waals surface area contributed by atoms with Crippen molar-refractivity contribution in [2.24, 2.45) is 0 Å². The van der Waals surface area contributed by atoms with Crippen LogP contribution in [0.15, 0.2) is 30.3 Å². The van der Waals surface area contributed by atoms with Gasteiger partial charge in [-0.05, 0) is 44.2 Å². The minimum absolute atomic E-state index is 0.0398. The number of amides is 3. The Morgan fingerprint density at radius 1 is 1.15 bits per heavy atom. The zero-order chi connectivity index (χ0) is 18.7. The molecule has 0 saturated carbocycles. The predicted octanol–water partition coefficient (Wildman–Crippen LogP) is 1.98. The van der Waals surface area contributed by atoms with Gasteiger partial charge in [0.05, 0.1) is 7.11 Å². The molecule has 8 heteroatoms. The minimum atomic E-state index is -0.320. The van der Waals surface area contributed by atoms with Crippen LogP contribution in [0, 0.1) is 13.8 Å². The van der Waals surface area contributed by atoms with Crippen molar-refractivity contribution < 1.29 is 14.3 Å². The topological polar surface area (TPSA) is 87.7 Å². The number of aromatic nitrogens is 2. The van der Waals surface area contributed by atoms with Crippen LogP contribution in [-0.2, 0) is 4.79 Å². The van der Waals surface area contributed by atoms with E-state index >= 15 is 0 Å². The van der Waals surface area contributed by atoms with Crippen molar-refractivity contribution >= 4 is 23.6 Å². The third-order valence-electron chi connectivity index (χ3n) is 4.05. The van der Waals surface area contributed by atoms with Crippen molar-refractivity contribution in [2.45, 2.75) is 13.8 Å². The molecule has 2 aromatic rings. The summed E-state index contributed by atoms with van der Waals surface area (Å²) in [6.45, 7) is 4.63. The summed E-state index contributed by atoms with van der Waals surface area (Å²) < 4.78 is 5.13. The largest absolute Gasteiger partial charge is 0.497 e. The number of rotatable bonds is 5. The van der Waals surface area contributed by atoms with Crippen molar-refractivity contribution in [2.75, 3.05) is 37.0 Å². The Labute approximate surface area is 151 Å². The molecule has 0 radical (unpaired) electrons. The summed E-state index contributed by atoms with van der Waals surface area (Å²) in [6.07, 6.45) is 0. The van der Waals surface area contributed by atoms with Crippen LogP contribution < -0.4 is 15.0 Å². The van der Waals surface area contributed by atoms with E-state index in [0.717, 1.165) is 22.8 Å². The van der Waals surface area contributed by atoms with Gasteiger partial charge in [-0.15, -0.1) is 0 Å². The number of ether oxygens (including phenoxy) is 1. The van der Waals surface area contributed by atoms with E-state index in [4.69, 9.17) is 4.74 Å². The lowest BCUT2D eigenvalue weighted by atomic mass is 10.3. The molecule has 1 N–H and O–H groups in total. The lowest BCUT2D eigenvalue weighted by Gasteiger charge is -2.18. The third-order valence-corrected chi connectivity index (χ3v) is 4.05. The zero-order valence-corrected chi connectivity index (χ0v) is 15.0. The van der Waals surface area contributed by atoms with Gasteiger partial charge in [0.2, 0.25) is 11.9 Å². The van der Waals surface area contributed by atoms with Gasteiger partial charge in [0.1, 0.15) is 12.3 Å². The van der Waals surface area contributed by atoms with Crippen LogP contribution in [0.5, 0.6) is 5.75 Å². The molecule has 2 heterocycles. The van der Waals surface area contributed by atoms with E-state index in [1.807, 2.05) is 32.0 Å². The molecule has 1 aliphatic rings. The molecular formula is C18H21N5O3. The number of benzene rings is 1. The second-order valence-electron chi connectivity index (χ2n) is 6.08. The number of carbonyl (C=O) groups is 2. The molecule has 0 unspecified atom stereocenters. The lowest BCUT2D eigenvalue weighted by Crippen LogP contribution is -2.37. The second kappa shape index (κ2) is 7.38. The van der Waals surface area contributed by atoms with E-state index in [1.54, 1.807) is 24.1 Å². The Morgan fingerprint density at radius 2 is 1.81 bits per heavy atom. The Balaban J connectivity index is 1.61. The second-order valence-corrected chi connectivity index (χ2v) is 6.08. The standard InChI is InChI=1S/C18H21N5O3/c1-12-10-13(2)20-17(19-12)21-16(24)11-22-8-9-23(18(22)25)14-4-6-15(26-3)7-5-14/h4-7,10H,8-9,11H2,1-3H3,(H,19,20,21,24). The lowest BCUT2D eigenvalue weighted by molar-refractivity contribution is -0.116. The average molecular weight is 355 g/mol. The molecule has 136 valence electrons. The smallest absolute Gasteiger partial charge is 0.325 e. The molecule has 1 saturated heterocycles. The fourth-order valence-corrected chi connectivity index (χ4v) is 2.85. The van der Waals surface area contributed by atoms with Gasteiger partial charge in [-0.1, -0.05) is 0 Å². The summed E-state index contributed by atoms with van der Waals surface area (Å²) in [5.74, 6) is 0.663. The first-order chi connectivity index (χ1) is 12.5. The van der Waals surface area contributed by atoms with Gasteiger partial charge in [0, 0.05) is 30.2 Å². The highest BCUT2D eigenvalue weighted by molar-refractivity contribution is 5.98. The zero-order valence-electron chi connectivity index (χ0n) is 15.0. The van der Waals surface area contributed by atoms with E-state index in [2.05, 4.69) is 15.3 Å². The molecule has 1 aromatic carbocycles. The molecule has 26 heavy (non-hydrogen) atoms. The summed E-state index contributed by atoms with van der Waals surface area (Å²) in [5, 5.41) is 2.65. The Bertz CT molecular complexity index is 802. The quantitative estimate of drug-likeness (QED) is 0.886. The number of urea groups is 1. The number of hydrogen-bond donors (Lipinski definition) is 1. The fourth-order valence-electron chi connectivity index (χ4n) is 2.85.